The first kappa shape index (κ1) is 23.7. The van der Waals surface area contributed by atoms with Crippen LogP contribution >= 0.6 is 11.6 Å². The van der Waals surface area contributed by atoms with Crippen LogP contribution in [-0.2, 0) is 30.4 Å². The number of rotatable bonds is 4. The molecule has 0 fully saturated rings. The number of halogens is 5. The van der Waals surface area contributed by atoms with Gasteiger partial charge in [0.05, 0.1) is 28.3 Å². The van der Waals surface area contributed by atoms with E-state index in [0.29, 0.717) is 42.9 Å². The Bertz CT molecular complexity index is 1250. The second kappa shape index (κ2) is 9.42. The molecule has 0 atom stereocenters. The number of aromatic nitrogens is 1. The summed E-state index contributed by atoms with van der Waals surface area (Å²) in [6.45, 7) is 0.710. The van der Waals surface area contributed by atoms with Crippen molar-refractivity contribution >= 4 is 29.1 Å². The highest BCUT2D eigenvalue weighted by atomic mass is 35.5. The molecule has 1 N–H and O–H groups in total. The number of amides is 2. The molecule has 2 amide bonds. The first-order chi connectivity index (χ1) is 16.1. The summed E-state index contributed by atoms with van der Waals surface area (Å²) in [4.78, 5) is 31.0. The lowest BCUT2D eigenvalue weighted by molar-refractivity contribution is -0.140. The minimum Gasteiger partial charge on any atom is -0.334 e. The SMILES string of the molecule is O=C(Cc1ccc(C(F)(F)F)c(F)c1)Nc1c(Cl)ccc2c1CCN(C(=O)c1cccnc1)C2. The Morgan fingerprint density at radius 2 is 1.94 bits per heavy atom. The molecule has 0 saturated carbocycles. The molecule has 5 nitrogen and oxygen atoms in total. The van der Waals surface area contributed by atoms with Crippen LogP contribution in [0.15, 0.2) is 54.9 Å². The second-order valence-electron chi connectivity index (χ2n) is 7.82. The van der Waals surface area contributed by atoms with Gasteiger partial charge in [-0.3, -0.25) is 14.6 Å². The Labute approximate surface area is 197 Å². The molecule has 0 unspecified atom stereocenters. The molecular weight excluding hydrogens is 474 g/mol. The van der Waals surface area contributed by atoms with Gasteiger partial charge >= 0.3 is 6.18 Å². The molecule has 1 aliphatic heterocycles. The number of carbonyl (C=O) groups excluding carboxylic acids is 2. The van der Waals surface area contributed by atoms with E-state index in [1.54, 1.807) is 35.4 Å². The summed E-state index contributed by atoms with van der Waals surface area (Å²) in [7, 11) is 0. The fourth-order valence-electron chi connectivity index (χ4n) is 3.88. The van der Waals surface area contributed by atoms with Crippen molar-refractivity contribution in [3.63, 3.8) is 0 Å². The highest BCUT2D eigenvalue weighted by Gasteiger charge is 2.34. The first-order valence-electron chi connectivity index (χ1n) is 10.3. The summed E-state index contributed by atoms with van der Waals surface area (Å²) in [5.74, 6) is -2.15. The molecule has 0 saturated heterocycles. The van der Waals surface area contributed by atoms with Gasteiger partial charge in [0.2, 0.25) is 5.91 Å². The van der Waals surface area contributed by atoms with Gasteiger partial charge < -0.3 is 10.2 Å². The lowest BCUT2D eigenvalue weighted by atomic mass is 9.97. The summed E-state index contributed by atoms with van der Waals surface area (Å²) in [5.41, 5.74) is 1.14. The highest BCUT2D eigenvalue weighted by Crippen LogP contribution is 2.34. The van der Waals surface area contributed by atoms with E-state index < -0.39 is 23.5 Å². The largest absolute Gasteiger partial charge is 0.419 e. The number of hydrogen-bond donors (Lipinski definition) is 1. The van der Waals surface area contributed by atoms with Gasteiger partial charge in [-0.2, -0.15) is 13.2 Å². The van der Waals surface area contributed by atoms with Gasteiger partial charge in [-0.1, -0.05) is 23.7 Å². The molecule has 3 aromatic rings. The van der Waals surface area contributed by atoms with Crippen LogP contribution in [-0.4, -0.2) is 28.2 Å². The smallest absolute Gasteiger partial charge is 0.334 e. The minimum absolute atomic E-state index is 0.0946. The number of hydrogen-bond acceptors (Lipinski definition) is 3. The number of nitrogens with one attached hydrogen (secondary N) is 1. The van der Waals surface area contributed by atoms with E-state index in [2.05, 4.69) is 10.3 Å². The van der Waals surface area contributed by atoms with Crippen LogP contribution in [0.2, 0.25) is 5.02 Å². The zero-order chi connectivity index (χ0) is 24.5. The van der Waals surface area contributed by atoms with Crippen molar-refractivity contribution in [3.8, 4) is 0 Å². The lowest BCUT2D eigenvalue weighted by Gasteiger charge is -2.30. The lowest BCUT2D eigenvalue weighted by Crippen LogP contribution is -2.36. The standard InChI is InChI=1S/C24H18ClF4N3O2/c25-19-6-4-16-13-32(23(34)15-2-1-8-30-12-15)9-7-17(16)22(19)31-21(33)11-14-3-5-18(20(26)10-14)24(27,28)29/h1-6,8,10,12H,7,9,11,13H2,(H,31,33). The van der Waals surface area contributed by atoms with E-state index in [1.165, 1.54) is 6.20 Å². The predicted molar refractivity (Wildman–Crippen MR) is 118 cm³/mol. The maximum absolute atomic E-state index is 13.8. The van der Waals surface area contributed by atoms with Gasteiger partial charge in [0, 0.05) is 25.5 Å². The molecule has 2 heterocycles. The van der Waals surface area contributed by atoms with Crippen molar-refractivity contribution in [1.29, 1.82) is 0 Å². The van der Waals surface area contributed by atoms with E-state index in [0.717, 1.165) is 17.2 Å². The number of benzene rings is 2. The van der Waals surface area contributed by atoms with Crippen LogP contribution in [0.25, 0.3) is 0 Å². The van der Waals surface area contributed by atoms with E-state index in [9.17, 15) is 27.2 Å². The van der Waals surface area contributed by atoms with Gasteiger partial charge in [-0.15, -0.1) is 0 Å². The van der Waals surface area contributed by atoms with Crippen molar-refractivity contribution in [1.82, 2.24) is 9.88 Å². The number of alkyl halides is 3. The van der Waals surface area contributed by atoms with Crippen molar-refractivity contribution < 1.29 is 27.2 Å². The summed E-state index contributed by atoms with van der Waals surface area (Å²) in [5, 5.41) is 2.99. The topological polar surface area (TPSA) is 62.3 Å². The minimum atomic E-state index is -4.81. The van der Waals surface area contributed by atoms with Gasteiger partial charge in [0.15, 0.2) is 0 Å². The normalized spacial score (nSPS) is 13.4. The van der Waals surface area contributed by atoms with Crippen LogP contribution in [0.5, 0.6) is 0 Å². The average Bonchev–Trinajstić information content (AvgIpc) is 2.80. The number of carbonyl (C=O) groups is 2. The Hall–Kier alpha value is -3.46. The Morgan fingerprint density at radius 1 is 1.15 bits per heavy atom. The van der Waals surface area contributed by atoms with Crippen molar-refractivity contribution in [2.24, 2.45) is 0 Å². The molecule has 176 valence electrons. The molecule has 1 aliphatic rings. The molecule has 2 aromatic carbocycles. The third-order valence-electron chi connectivity index (χ3n) is 5.52. The van der Waals surface area contributed by atoms with E-state index in [1.807, 2.05) is 0 Å². The monoisotopic (exact) mass is 491 g/mol. The molecule has 34 heavy (non-hydrogen) atoms. The van der Waals surface area contributed by atoms with E-state index >= 15 is 0 Å². The number of fused-ring (bicyclic) bond motifs is 1. The molecule has 1 aromatic heterocycles. The molecule has 0 spiro atoms. The number of pyridine rings is 1. The maximum Gasteiger partial charge on any atom is 0.419 e. The zero-order valence-corrected chi connectivity index (χ0v) is 18.4. The van der Waals surface area contributed by atoms with Gasteiger partial charge in [-0.05, 0) is 53.4 Å². The third-order valence-corrected chi connectivity index (χ3v) is 5.83. The van der Waals surface area contributed by atoms with Crippen molar-refractivity contribution in [2.45, 2.75) is 25.6 Å². The average molecular weight is 492 g/mol. The summed E-state index contributed by atoms with van der Waals surface area (Å²) < 4.78 is 52.1. The quantitative estimate of drug-likeness (QED) is 0.506. The summed E-state index contributed by atoms with van der Waals surface area (Å²) in [6, 6.07) is 9.13. The molecule has 0 aliphatic carbocycles. The molecule has 0 bridgehead atoms. The highest BCUT2D eigenvalue weighted by molar-refractivity contribution is 6.34. The fourth-order valence-corrected chi connectivity index (χ4v) is 4.10. The van der Waals surface area contributed by atoms with Crippen LogP contribution in [0.1, 0.15) is 32.6 Å². The van der Waals surface area contributed by atoms with Crippen LogP contribution in [0.3, 0.4) is 0 Å². The Morgan fingerprint density at radius 3 is 2.62 bits per heavy atom. The first-order valence-corrected chi connectivity index (χ1v) is 10.7. The van der Waals surface area contributed by atoms with Crippen LogP contribution in [0.4, 0.5) is 23.2 Å². The number of anilines is 1. The molecule has 4 rings (SSSR count). The van der Waals surface area contributed by atoms with E-state index in [-0.39, 0.29) is 22.9 Å². The number of nitrogens with zero attached hydrogens (tertiary/aromatic N) is 2. The molecular formula is C24H18ClF4N3O2. The third kappa shape index (κ3) is 5.04. The zero-order valence-electron chi connectivity index (χ0n) is 17.6. The van der Waals surface area contributed by atoms with Crippen molar-refractivity contribution in [3.05, 3.63) is 93.5 Å². The molecule has 10 heteroatoms. The predicted octanol–water partition coefficient (Wildman–Crippen LogP) is 5.27. The Balaban J connectivity index is 1.49. The van der Waals surface area contributed by atoms with Gasteiger partial charge in [0.1, 0.15) is 5.82 Å². The van der Waals surface area contributed by atoms with Crippen molar-refractivity contribution in [2.75, 3.05) is 11.9 Å². The second-order valence-corrected chi connectivity index (χ2v) is 8.22. The fraction of sp³-hybridized carbons (Fsp3) is 0.208. The van der Waals surface area contributed by atoms with E-state index in [4.69, 9.17) is 11.6 Å². The molecule has 0 radical (unpaired) electrons. The van der Waals surface area contributed by atoms with Gasteiger partial charge in [0.25, 0.3) is 5.91 Å². The van der Waals surface area contributed by atoms with Crippen LogP contribution in [0, 0.1) is 5.82 Å². The van der Waals surface area contributed by atoms with Crippen LogP contribution < -0.4 is 5.32 Å². The Kier molecular flexibility index (Phi) is 6.56. The summed E-state index contributed by atoms with van der Waals surface area (Å²) >= 11 is 6.31. The summed E-state index contributed by atoms with van der Waals surface area (Å²) in [6.07, 6.45) is -1.63. The maximum atomic E-state index is 13.8. The van der Waals surface area contributed by atoms with Gasteiger partial charge in [-0.25, -0.2) is 4.39 Å².